The summed E-state index contributed by atoms with van der Waals surface area (Å²) in [6, 6.07) is 1.00. The summed E-state index contributed by atoms with van der Waals surface area (Å²) in [6.07, 6.45) is 2.94. The predicted molar refractivity (Wildman–Crippen MR) is 66.6 cm³/mol. The van der Waals surface area contributed by atoms with Crippen molar-refractivity contribution < 1.29 is 9.18 Å². The largest absolute Gasteiger partial charge is 0.381 e. The number of amides is 1. The number of hydrogen-bond donors (Lipinski definition) is 2. The van der Waals surface area contributed by atoms with Gasteiger partial charge in [-0.25, -0.2) is 14.4 Å². The Morgan fingerprint density at radius 2 is 2.28 bits per heavy atom. The van der Waals surface area contributed by atoms with E-state index in [-0.39, 0.29) is 17.4 Å². The molecule has 0 bridgehead atoms. The number of nitrogens with zero attached hydrogens (tertiary/aromatic N) is 2. The molecule has 2 rings (SSSR count). The van der Waals surface area contributed by atoms with Crippen molar-refractivity contribution in [2.75, 3.05) is 5.73 Å². The summed E-state index contributed by atoms with van der Waals surface area (Å²) in [6.45, 7) is 1.78. The summed E-state index contributed by atoms with van der Waals surface area (Å²) < 4.78 is 13.6. The second-order valence-electron chi connectivity index (χ2n) is 3.62. The fourth-order valence-corrected chi connectivity index (χ4v) is 2.07. The Kier molecular flexibility index (Phi) is 3.52. The molecule has 2 aromatic rings. The molecule has 0 aliphatic heterocycles. The topological polar surface area (TPSA) is 80.9 Å². The standard InChI is InChI=1S/C11H11FN4OS/c1-6(11-15-4-5-18-11)16-10(17)7-2-3-14-9(13)8(7)12/h2-6H,1H3,(H2,13,14)(H,16,17). The van der Waals surface area contributed by atoms with Crippen molar-refractivity contribution in [3.8, 4) is 0 Å². The predicted octanol–water partition coefficient (Wildman–Crippen LogP) is 1.75. The van der Waals surface area contributed by atoms with Crippen LogP contribution in [0.4, 0.5) is 10.2 Å². The molecular weight excluding hydrogens is 255 g/mol. The Morgan fingerprint density at radius 1 is 1.50 bits per heavy atom. The van der Waals surface area contributed by atoms with Crippen LogP contribution in [-0.4, -0.2) is 15.9 Å². The van der Waals surface area contributed by atoms with Crippen molar-refractivity contribution in [1.82, 2.24) is 15.3 Å². The van der Waals surface area contributed by atoms with Gasteiger partial charge in [-0.3, -0.25) is 4.79 Å². The third-order valence-corrected chi connectivity index (χ3v) is 3.29. The molecule has 1 amide bonds. The van der Waals surface area contributed by atoms with Crippen molar-refractivity contribution in [3.05, 3.63) is 40.2 Å². The van der Waals surface area contributed by atoms with Gasteiger partial charge in [0.25, 0.3) is 5.91 Å². The van der Waals surface area contributed by atoms with Crippen molar-refractivity contribution >= 4 is 23.1 Å². The van der Waals surface area contributed by atoms with Crippen LogP contribution in [0.5, 0.6) is 0 Å². The zero-order chi connectivity index (χ0) is 13.1. The summed E-state index contributed by atoms with van der Waals surface area (Å²) in [5.74, 6) is -1.63. The van der Waals surface area contributed by atoms with Crippen molar-refractivity contribution in [1.29, 1.82) is 0 Å². The maximum Gasteiger partial charge on any atom is 0.255 e. The highest BCUT2D eigenvalue weighted by atomic mass is 32.1. The van der Waals surface area contributed by atoms with Crippen LogP contribution in [0.15, 0.2) is 23.8 Å². The fraction of sp³-hybridized carbons (Fsp3) is 0.182. The molecule has 94 valence electrons. The van der Waals surface area contributed by atoms with Crippen LogP contribution in [0.25, 0.3) is 0 Å². The van der Waals surface area contributed by atoms with Gasteiger partial charge in [-0.05, 0) is 13.0 Å². The lowest BCUT2D eigenvalue weighted by Crippen LogP contribution is -2.27. The normalized spacial score (nSPS) is 12.1. The van der Waals surface area contributed by atoms with Gasteiger partial charge in [-0.1, -0.05) is 0 Å². The first-order valence-corrected chi connectivity index (χ1v) is 6.07. The number of nitrogens with one attached hydrogen (secondary N) is 1. The minimum Gasteiger partial charge on any atom is -0.381 e. The van der Waals surface area contributed by atoms with E-state index in [2.05, 4.69) is 15.3 Å². The molecule has 0 radical (unpaired) electrons. The molecule has 5 nitrogen and oxygen atoms in total. The Hall–Kier alpha value is -2.02. The molecule has 0 aromatic carbocycles. The van der Waals surface area contributed by atoms with Crippen molar-refractivity contribution in [2.45, 2.75) is 13.0 Å². The van der Waals surface area contributed by atoms with E-state index in [0.717, 1.165) is 5.01 Å². The number of halogens is 1. The monoisotopic (exact) mass is 266 g/mol. The van der Waals surface area contributed by atoms with Gasteiger partial charge in [0.1, 0.15) is 5.01 Å². The first-order chi connectivity index (χ1) is 8.59. The molecule has 1 unspecified atom stereocenters. The quantitative estimate of drug-likeness (QED) is 0.886. The van der Waals surface area contributed by atoms with Gasteiger partial charge >= 0.3 is 0 Å². The molecule has 3 N–H and O–H groups in total. The van der Waals surface area contributed by atoms with Crippen LogP contribution in [0.2, 0.25) is 0 Å². The van der Waals surface area contributed by atoms with E-state index < -0.39 is 11.7 Å². The van der Waals surface area contributed by atoms with Gasteiger partial charge in [0, 0.05) is 17.8 Å². The molecule has 1 atom stereocenters. The van der Waals surface area contributed by atoms with Crippen LogP contribution in [0.3, 0.4) is 0 Å². The molecule has 7 heteroatoms. The maximum absolute atomic E-state index is 13.6. The summed E-state index contributed by atoms with van der Waals surface area (Å²) in [5, 5.41) is 5.22. The van der Waals surface area contributed by atoms with E-state index in [9.17, 15) is 9.18 Å². The van der Waals surface area contributed by atoms with Gasteiger partial charge in [0.2, 0.25) is 0 Å². The Balaban J connectivity index is 2.15. The van der Waals surface area contributed by atoms with E-state index in [1.165, 1.54) is 23.6 Å². The lowest BCUT2D eigenvalue weighted by atomic mass is 10.2. The number of nitrogens with two attached hydrogens (primary N) is 1. The van der Waals surface area contributed by atoms with E-state index in [4.69, 9.17) is 5.73 Å². The molecule has 0 aliphatic rings. The second kappa shape index (κ2) is 5.09. The minimum atomic E-state index is -0.804. The SMILES string of the molecule is CC(NC(=O)c1ccnc(N)c1F)c1nccs1. The molecule has 0 spiro atoms. The molecule has 0 fully saturated rings. The van der Waals surface area contributed by atoms with Crippen molar-refractivity contribution in [2.24, 2.45) is 0 Å². The van der Waals surface area contributed by atoms with Crippen LogP contribution < -0.4 is 11.1 Å². The minimum absolute atomic E-state index is 0.120. The van der Waals surface area contributed by atoms with Crippen LogP contribution in [-0.2, 0) is 0 Å². The molecule has 0 saturated heterocycles. The van der Waals surface area contributed by atoms with Crippen LogP contribution in [0, 0.1) is 5.82 Å². The van der Waals surface area contributed by atoms with Gasteiger partial charge in [0.05, 0.1) is 11.6 Å². The van der Waals surface area contributed by atoms with Crippen LogP contribution in [0.1, 0.15) is 28.3 Å². The van der Waals surface area contributed by atoms with E-state index >= 15 is 0 Å². The molecule has 0 aliphatic carbocycles. The number of hydrogen-bond acceptors (Lipinski definition) is 5. The average molecular weight is 266 g/mol. The number of carbonyl (C=O) groups excluding carboxylic acids is 1. The third-order valence-electron chi connectivity index (χ3n) is 2.33. The second-order valence-corrected chi connectivity index (χ2v) is 4.55. The number of thiazole rings is 1. The lowest BCUT2D eigenvalue weighted by molar-refractivity contribution is 0.0935. The van der Waals surface area contributed by atoms with E-state index in [0.29, 0.717) is 0 Å². The maximum atomic E-state index is 13.6. The highest BCUT2D eigenvalue weighted by molar-refractivity contribution is 7.09. The van der Waals surface area contributed by atoms with Gasteiger partial charge < -0.3 is 11.1 Å². The number of aromatic nitrogens is 2. The highest BCUT2D eigenvalue weighted by Crippen LogP contribution is 2.17. The Bertz CT molecular complexity index is 558. The molecule has 0 saturated carbocycles. The smallest absolute Gasteiger partial charge is 0.255 e. The van der Waals surface area contributed by atoms with Crippen molar-refractivity contribution in [3.63, 3.8) is 0 Å². The summed E-state index contributed by atoms with van der Waals surface area (Å²) in [7, 11) is 0. The Labute approximate surface area is 107 Å². The molecular formula is C11H11FN4OS. The van der Waals surface area contributed by atoms with Crippen LogP contribution >= 0.6 is 11.3 Å². The molecule has 2 heterocycles. The average Bonchev–Trinajstić information content (AvgIpc) is 2.86. The fourth-order valence-electron chi connectivity index (χ4n) is 1.42. The summed E-state index contributed by atoms with van der Waals surface area (Å²) in [4.78, 5) is 19.5. The van der Waals surface area contributed by atoms with Gasteiger partial charge in [-0.2, -0.15) is 0 Å². The van der Waals surface area contributed by atoms with Gasteiger partial charge in [0.15, 0.2) is 11.6 Å². The number of rotatable bonds is 3. The first-order valence-electron chi connectivity index (χ1n) is 5.20. The zero-order valence-corrected chi connectivity index (χ0v) is 10.4. The summed E-state index contributed by atoms with van der Waals surface area (Å²) in [5.41, 5.74) is 5.19. The molecule has 2 aromatic heterocycles. The summed E-state index contributed by atoms with van der Waals surface area (Å²) >= 11 is 1.42. The number of carbonyl (C=O) groups is 1. The van der Waals surface area contributed by atoms with E-state index in [1.807, 2.05) is 5.38 Å². The van der Waals surface area contributed by atoms with E-state index in [1.54, 1.807) is 13.1 Å². The lowest BCUT2D eigenvalue weighted by Gasteiger charge is -2.11. The number of pyridine rings is 1. The number of nitrogen functional groups attached to an aromatic ring is 1. The molecule has 18 heavy (non-hydrogen) atoms. The number of anilines is 1. The highest BCUT2D eigenvalue weighted by Gasteiger charge is 2.18. The third kappa shape index (κ3) is 2.45. The first kappa shape index (κ1) is 12.4. The van der Waals surface area contributed by atoms with Gasteiger partial charge in [-0.15, -0.1) is 11.3 Å². The Morgan fingerprint density at radius 3 is 2.94 bits per heavy atom. The zero-order valence-electron chi connectivity index (χ0n) is 9.55.